The van der Waals surface area contributed by atoms with Gasteiger partial charge in [-0.25, -0.2) is 9.37 Å². The number of hydrogen-bond donors (Lipinski definition) is 1. The minimum absolute atomic E-state index is 0.281. The Kier molecular flexibility index (Phi) is 4.26. The van der Waals surface area contributed by atoms with E-state index in [9.17, 15) is 9.50 Å². The zero-order chi connectivity index (χ0) is 14.7. The van der Waals surface area contributed by atoms with E-state index in [4.69, 9.17) is 0 Å². The number of halogens is 1. The topological polar surface area (TPSA) is 54.2 Å². The number of hydrogen-bond acceptors (Lipinski definition) is 4. The maximum Gasteiger partial charge on any atom is 0.137 e. The van der Waals surface area contributed by atoms with Crippen molar-refractivity contribution in [3.05, 3.63) is 48.3 Å². The van der Waals surface area contributed by atoms with Crippen LogP contribution in [0.4, 0.5) is 4.39 Å². The van der Waals surface area contributed by atoms with Crippen LogP contribution in [0.5, 0.6) is 0 Å². The highest BCUT2D eigenvalue weighted by Gasteiger charge is 2.27. The van der Waals surface area contributed by atoms with E-state index in [1.54, 1.807) is 18.5 Å². The minimum atomic E-state index is -0.595. The monoisotopic (exact) mass is 290 g/mol. The SMILES string of the molecule is OC(CN1CCCC1Cn1cncn1)c1ccc(F)cc1. The third-order valence-corrected chi connectivity index (χ3v) is 4.03. The van der Waals surface area contributed by atoms with Gasteiger partial charge in [-0.05, 0) is 37.1 Å². The Morgan fingerprint density at radius 2 is 2.14 bits per heavy atom. The fourth-order valence-corrected chi connectivity index (χ4v) is 2.90. The maximum atomic E-state index is 12.9. The highest BCUT2D eigenvalue weighted by molar-refractivity contribution is 5.18. The molecule has 2 aromatic rings. The molecule has 112 valence electrons. The van der Waals surface area contributed by atoms with Gasteiger partial charge in [0.25, 0.3) is 0 Å². The molecule has 1 N–H and O–H groups in total. The highest BCUT2D eigenvalue weighted by atomic mass is 19.1. The van der Waals surface area contributed by atoms with Crippen molar-refractivity contribution in [2.75, 3.05) is 13.1 Å². The molecule has 0 spiro atoms. The normalized spacial score (nSPS) is 20.8. The standard InChI is InChI=1S/C15H19FN4O/c16-13-5-3-12(4-6-13)15(21)9-19-7-1-2-14(19)8-20-11-17-10-18-20/h3-6,10-11,14-15,21H,1-2,7-9H2. The predicted molar refractivity (Wildman–Crippen MR) is 76.0 cm³/mol. The summed E-state index contributed by atoms with van der Waals surface area (Å²) in [5, 5.41) is 14.5. The second kappa shape index (κ2) is 6.32. The number of aromatic nitrogens is 3. The summed E-state index contributed by atoms with van der Waals surface area (Å²) in [5.74, 6) is -0.281. The Bertz CT molecular complexity index is 558. The number of aliphatic hydroxyl groups is 1. The van der Waals surface area contributed by atoms with E-state index in [0.717, 1.165) is 31.5 Å². The van der Waals surface area contributed by atoms with Crippen molar-refractivity contribution in [2.24, 2.45) is 0 Å². The molecule has 2 heterocycles. The van der Waals surface area contributed by atoms with E-state index in [1.807, 2.05) is 4.68 Å². The van der Waals surface area contributed by atoms with Crippen molar-refractivity contribution < 1.29 is 9.50 Å². The molecular weight excluding hydrogens is 271 g/mol. The number of likely N-dealkylation sites (tertiary alicyclic amines) is 1. The molecular formula is C15H19FN4O. The Morgan fingerprint density at radius 3 is 2.86 bits per heavy atom. The van der Waals surface area contributed by atoms with Crippen LogP contribution in [0.3, 0.4) is 0 Å². The van der Waals surface area contributed by atoms with Gasteiger partial charge in [-0.1, -0.05) is 12.1 Å². The molecule has 2 atom stereocenters. The molecule has 1 aliphatic rings. The summed E-state index contributed by atoms with van der Waals surface area (Å²) >= 11 is 0. The lowest BCUT2D eigenvalue weighted by Crippen LogP contribution is -2.36. The first-order valence-corrected chi connectivity index (χ1v) is 7.22. The molecule has 0 aliphatic carbocycles. The zero-order valence-corrected chi connectivity index (χ0v) is 11.8. The van der Waals surface area contributed by atoms with Crippen molar-refractivity contribution in [1.29, 1.82) is 0 Å². The molecule has 1 aromatic heterocycles. The highest BCUT2D eigenvalue weighted by Crippen LogP contribution is 2.23. The second-order valence-corrected chi connectivity index (χ2v) is 5.48. The quantitative estimate of drug-likeness (QED) is 0.909. The Labute approximate surface area is 123 Å². The van der Waals surface area contributed by atoms with Crippen LogP contribution in [0.25, 0.3) is 0 Å². The molecule has 2 unspecified atom stereocenters. The molecule has 0 radical (unpaired) electrons. The molecule has 21 heavy (non-hydrogen) atoms. The lowest BCUT2D eigenvalue weighted by atomic mass is 10.1. The molecule has 1 saturated heterocycles. The van der Waals surface area contributed by atoms with E-state index < -0.39 is 6.10 Å². The van der Waals surface area contributed by atoms with Gasteiger partial charge in [0.05, 0.1) is 12.6 Å². The predicted octanol–water partition coefficient (Wildman–Crippen LogP) is 1.62. The van der Waals surface area contributed by atoms with Crippen LogP contribution >= 0.6 is 0 Å². The summed E-state index contributed by atoms with van der Waals surface area (Å²) in [7, 11) is 0. The fourth-order valence-electron chi connectivity index (χ4n) is 2.90. The second-order valence-electron chi connectivity index (χ2n) is 5.48. The molecule has 6 heteroatoms. The smallest absolute Gasteiger partial charge is 0.137 e. The summed E-state index contributed by atoms with van der Waals surface area (Å²) in [6.45, 7) is 2.32. The van der Waals surface area contributed by atoms with Crippen molar-refractivity contribution >= 4 is 0 Å². The first-order valence-electron chi connectivity index (χ1n) is 7.22. The van der Waals surface area contributed by atoms with Gasteiger partial charge in [-0.15, -0.1) is 0 Å². The van der Waals surface area contributed by atoms with E-state index in [-0.39, 0.29) is 5.82 Å². The molecule has 1 aliphatic heterocycles. The number of rotatable bonds is 5. The molecule has 0 bridgehead atoms. The summed E-state index contributed by atoms with van der Waals surface area (Å²) in [6.07, 6.45) is 4.87. The molecule has 1 aromatic carbocycles. The van der Waals surface area contributed by atoms with Crippen molar-refractivity contribution in [1.82, 2.24) is 19.7 Å². The molecule has 0 amide bonds. The first kappa shape index (κ1) is 14.2. The molecule has 5 nitrogen and oxygen atoms in total. The van der Waals surface area contributed by atoms with Gasteiger partial charge in [0.1, 0.15) is 18.5 Å². The van der Waals surface area contributed by atoms with Gasteiger partial charge in [0, 0.05) is 12.6 Å². The Morgan fingerprint density at radius 1 is 1.33 bits per heavy atom. The Hall–Kier alpha value is -1.79. The number of benzene rings is 1. The van der Waals surface area contributed by atoms with Crippen LogP contribution in [-0.4, -0.2) is 43.9 Å². The van der Waals surface area contributed by atoms with Crippen LogP contribution in [0.15, 0.2) is 36.9 Å². The summed E-state index contributed by atoms with van der Waals surface area (Å²) < 4.78 is 14.7. The number of nitrogens with zero attached hydrogens (tertiary/aromatic N) is 4. The van der Waals surface area contributed by atoms with Gasteiger partial charge in [-0.3, -0.25) is 9.58 Å². The minimum Gasteiger partial charge on any atom is -0.387 e. The molecule has 3 rings (SSSR count). The van der Waals surface area contributed by atoms with E-state index in [2.05, 4.69) is 15.0 Å². The number of β-amino-alcohol motifs (C(OH)–C–C–N with tert-alkyl or cyclic N) is 1. The van der Waals surface area contributed by atoms with Crippen LogP contribution in [0.1, 0.15) is 24.5 Å². The van der Waals surface area contributed by atoms with E-state index in [1.165, 1.54) is 18.5 Å². The third-order valence-electron chi connectivity index (χ3n) is 4.03. The largest absolute Gasteiger partial charge is 0.387 e. The third kappa shape index (κ3) is 3.46. The zero-order valence-electron chi connectivity index (χ0n) is 11.8. The number of aliphatic hydroxyl groups excluding tert-OH is 1. The first-order chi connectivity index (χ1) is 10.2. The fraction of sp³-hybridized carbons (Fsp3) is 0.467. The van der Waals surface area contributed by atoms with Gasteiger partial charge in [0.15, 0.2) is 0 Å². The molecule has 0 saturated carbocycles. The Balaban J connectivity index is 1.61. The van der Waals surface area contributed by atoms with Crippen LogP contribution < -0.4 is 0 Å². The summed E-state index contributed by atoms with van der Waals surface area (Å²) in [6, 6.07) is 6.41. The van der Waals surface area contributed by atoms with Crippen LogP contribution in [0, 0.1) is 5.82 Å². The van der Waals surface area contributed by atoms with E-state index >= 15 is 0 Å². The average molecular weight is 290 g/mol. The van der Waals surface area contributed by atoms with Crippen LogP contribution in [0.2, 0.25) is 0 Å². The molecule has 1 fully saturated rings. The van der Waals surface area contributed by atoms with Gasteiger partial charge < -0.3 is 5.11 Å². The average Bonchev–Trinajstić information content (AvgIpc) is 3.13. The summed E-state index contributed by atoms with van der Waals surface area (Å²) in [4.78, 5) is 6.23. The van der Waals surface area contributed by atoms with Crippen molar-refractivity contribution in [2.45, 2.75) is 31.5 Å². The van der Waals surface area contributed by atoms with Gasteiger partial charge in [0.2, 0.25) is 0 Å². The van der Waals surface area contributed by atoms with E-state index in [0.29, 0.717) is 12.6 Å². The lowest BCUT2D eigenvalue weighted by Gasteiger charge is -2.26. The maximum absolute atomic E-state index is 12.9. The van der Waals surface area contributed by atoms with Crippen molar-refractivity contribution in [3.63, 3.8) is 0 Å². The van der Waals surface area contributed by atoms with Crippen molar-refractivity contribution in [3.8, 4) is 0 Å². The summed E-state index contributed by atoms with van der Waals surface area (Å²) in [5.41, 5.74) is 0.753. The van der Waals surface area contributed by atoms with Crippen LogP contribution in [-0.2, 0) is 6.54 Å². The van der Waals surface area contributed by atoms with Gasteiger partial charge >= 0.3 is 0 Å². The van der Waals surface area contributed by atoms with Gasteiger partial charge in [-0.2, -0.15) is 5.10 Å². The lowest BCUT2D eigenvalue weighted by molar-refractivity contribution is 0.100.